The second kappa shape index (κ2) is 63.3. The van der Waals surface area contributed by atoms with Gasteiger partial charge in [-0.1, -0.05) is 433 Å². The van der Waals surface area contributed by atoms with Gasteiger partial charge in [-0.3, -0.25) is 0 Å². The smallest absolute Gasteiger partial charge is 0.0443 e. The van der Waals surface area contributed by atoms with Crippen molar-refractivity contribution in [3.05, 3.63) is 0 Å². The molecule has 0 aromatic heterocycles. The molecule has 3 unspecified atom stereocenters. The molecule has 0 saturated heterocycles. The van der Waals surface area contributed by atoms with Gasteiger partial charge in [0.25, 0.3) is 0 Å². The summed E-state index contributed by atoms with van der Waals surface area (Å²) in [6.45, 7) is 12.1. The van der Waals surface area contributed by atoms with E-state index < -0.39 is 0 Å². The molecular formula is C70H142. The van der Waals surface area contributed by atoms with E-state index in [4.69, 9.17) is 0 Å². The molecule has 0 bridgehead atoms. The minimum atomic E-state index is 0.934. The standard InChI is InChI=1S/C70H142/c1-6-8-9-10-11-12-13-14-15-16-17-18-19-26-29-32-35-38-41-44-47-50-53-56-59-63-69(4)64-60-57-54-51-48-45-42-39-36-33-30-27-24-22-20-21-23-25-28-31-34-37-40-43-46-49-52-55-58-61-65-70(5)67-62-66-68(3)7-2/h68-70H,6-67H2,1-5H3. The van der Waals surface area contributed by atoms with Gasteiger partial charge in [0.05, 0.1) is 0 Å². The van der Waals surface area contributed by atoms with Crippen LogP contribution in [0.25, 0.3) is 0 Å². The van der Waals surface area contributed by atoms with Gasteiger partial charge in [0, 0.05) is 0 Å². The minimum absolute atomic E-state index is 0.934. The predicted octanol–water partition coefficient (Wildman–Crippen LogP) is 27.1. The number of rotatable bonds is 64. The summed E-state index contributed by atoms with van der Waals surface area (Å²) in [5, 5.41) is 0. The van der Waals surface area contributed by atoms with Crippen LogP contribution in [0, 0.1) is 17.8 Å². The Kier molecular flexibility index (Phi) is 63.3. The SMILES string of the molecule is CCCCCCCCCCCCCCCCCCCCCCCCCCCC(C)CCCCCCCCCCCCCCCCCCCCCCCCCCCCCCCCC(C)CCCC(C)CC. The van der Waals surface area contributed by atoms with Crippen LogP contribution in [0.15, 0.2) is 0 Å². The molecule has 0 nitrogen and oxygen atoms in total. The Morgan fingerprint density at radius 3 is 0.429 bits per heavy atom. The Balaban J connectivity index is 3.16. The summed E-state index contributed by atoms with van der Waals surface area (Å²) in [7, 11) is 0. The molecule has 0 N–H and O–H groups in total. The Labute approximate surface area is 448 Å². The largest absolute Gasteiger partial charge is 0.0654 e. The Morgan fingerprint density at radius 1 is 0.143 bits per heavy atom. The zero-order valence-corrected chi connectivity index (χ0v) is 50.6. The van der Waals surface area contributed by atoms with E-state index in [0.717, 1.165) is 17.8 Å². The van der Waals surface area contributed by atoms with Crippen molar-refractivity contribution < 1.29 is 0 Å². The van der Waals surface area contributed by atoms with Crippen molar-refractivity contribution in [2.45, 2.75) is 433 Å². The lowest BCUT2D eigenvalue weighted by Gasteiger charge is -2.13. The van der Waals surface area contributed by atoms with Gasteiger partial charge in [0.2, 0.25) is 0 Å². The van der Waals surface area contributed by atoms with Gasteiger partial charge in [-0.15, -0.1) is 0 Å². The fourth-order valence-corrected chi connectivity index (χ4v) is 11.9. The molecule has 70 heavy (non-hydrogen) atoms. The minimum Gasteiger partial charge on any atom is -0.0654 e. The summed E-state index contributed by atoms with van der Waals surface area (Å²) in [4.78, 5) is 0. The van der Waals surface area contributed by atoms with E-state index in [1.54, 1.807) is 0 Å². The fourth-order valence-electron chi connectivity index (χ4n) is 11.9. The average molecular weight is 984 g/mol. The molecule has 0 radical (unpaired) electrons. The highest BCUT2D eigenvalue weighted by Gasteiger charge is 2.06. The summed E-state index contributed by atoms with van der Waals surface area (Å²) in [6, 6.07) is 0. The van der Waals surface area contributed by atoms with Crippen molar-refractivity contribution in [2.75, 3.05) is 0 Å². The van der Waals surface area contributed by atoms with Gasteiger partial charge in [-0.05, 0) is 17.8 Å². The van der Waals surface area contributed by atoms with Crippen molar-refractivity contribution >= 4 is 0 Å². The van der Waals surface area contributed by atoms with Crippen LogP contribution in [0.2, 0.25) is 0 Å². The van der Waals surface area contributed by atoms with Crippen molar-refractivity contribution in [3.8, 4) is 0 Å². The number of hydrogen-bond donors (Lipinski definition) is 0. The molecule has 0 aromatic carbocycles. The van der Waals surface area contributed by atoms with Gasteiger partial charge in [0.1, 0.15) is 0 Å². The monoisotopic (exact) mass is 983 g/mol. The lowest BCUT2D eigenvalue weighted by atomic mass is 9.93. The van der Waals surface area contributed by atoms with Gasteiger partial charge in [-0.2, -0.15) is 0 Å². The summed E-state index contributed by atoms with van der Waals surface area (Å²) in [5.41, 5.74) is 0. The van der Waals surface area contributed by atoms with Crippen molar-refractivity contribution in [2.24, 2.45) is 17.8 Å². The maximum Gasteiger partial charge on any atom is -0.0443 e. The first-order valence-corrected chi connectivity index (χ1v) is 34.6. The van der Waals surface area contributed by atoms with E-state index in [9.17, 15) is 0 Å². The molecule has 0 aliphatic carbocycles. The van der Waals surface area contributed by atoms with Crippen LogP contribution in [0.1, 0.15) is 433 Å². The fraction of sp³-hybridized carbons (Fsp3) is 1.00. The van der Waals surface area contributed by atoms with E-state index >= 15 is 0 Å². The zero-order valence-electron chi connectivity index (χ0n) is 50.6. The van der Waals surface area contributed by atoms with Gasteiger partial charge in [-0.25, -0.2) is 0 Å². The topological polar surface area (TPSA) is 0 Å². The molecular weight excluding hydrogens is 841 g/mol. The highest BCUT2D eigenvalue weighted by Crippen LogP contribution is 2.23. The van der Waals surface area contributed by atoms with E-state index in [-0.39, 0.29) is 0 Å². The third-order valence-corrected chi connectivity index (χ3v) is 17.5. The Hall–Kier alpha value is 0. The van der Waals surface area contributed by atoms with Crippen LogP contribution in [0.5, 0.6) is 0 Å². The van der Waals surface area contributed by atoms with E-state index in [2.05, 4.69) is 34.6 Å². The van der Waals surface area contributed by atoms with Crippen LogP contribution in [-0.2, 0) is 0 Å². The zero-order chi connectivity index (χ0) is 50.6. The molecule has 3 atom stereocenters. The first-order valence-electron chi connectivity index (χ1n) is 34.6. The van der Waals surface area contributed by atoms with Crippen LogP contribution < -0.4 is 0 Å². The summed E-state index contributed by atoms with van der Waals surface area (Å²) in [5.74, 6) is 2.85. The lowest BCUT2D eigenvalue weighted by molar-refractivity contribution is 0.405. The Bertz CT molecular complexity index is 873. The number of unbranched alkanes of at least 4 members (excludes halogenated alkanes) is 53. The normalized spacial score (nSPS) is 13.2. The molecule has 422 valence electrons. The van der Waals surface area contributed by atoms with Crippen LogP contribution in [-0.4, -0.2) is 0 Å². The summed E-state index contributed by atoms with van der Waals surface area (Å²) >= 11 is 0. The highest BCUT2D eigenvalue weighted by atomic mass is 14.1. The third kappa shape index (κ3) is 62.3. The van der Waals surface area contributed by atoms with Crippen molar-refractivity contribution in [1.29, 1.82) is 0 Å². The molecule has 0 fully saturated rings. The molecule has 0 aliphatic heterocycles. The van der Waals surface area contributed by atoms with Crippen molar-refractivity contribution in [3.63, 3.8) is 0 Å². The molecule has 0 saturated carbocycles. The van der Waals surface area contributed by atoms with E-state index in [1.807, 2.05) is 0 Å². The van der Waals surface area contributed by atoms with Crippen LogP contribution >= 0.6 is 0 Å². The maximum atomic E-state index is 2.53. The first-order chi connectivity index (χ1) is 34.6. The molecule has 0 heteroatoms. The molecule has 0 spiro atoms. The summed E-state index contributed by atoms with van der Waals surface area (Å²) in [6.07, 6.45) is 92.1. The second-order valence-electron chi connectivity index (χ2n) is 25.1. The van der Waals surface area contributed by atoms with Gasteiger partial charge < -0.3 is 0 Å². The third-order valence-electron chi connectivity index (χ3n) is 17.5. The Morgan fingerprint density at radius 2 is 0.271 bits per heavy atom. The van der Waals surface area contributed by atoms with Crippen LogP contribution in [0.4, 0.5) is 0 Å². The molecule has 0 aromatic rings. The van der Waals surface area contributed by atoms with Crippen molar-refractivity contribution in [1.82, 2.24) is 0 Å². The average Bonchev–Trinajstić information content (AvgIpc) is 3.36. The van der Waals surface area contributed by atoms with Crippen LogP contribution in [0.3, 0.4) is 0 Å². The molecule has 0 amide bonds. The molecule has 0 heterocycles. The van der Waals surface area contributed by atoms with Gasteiger partial charge >= 0.3 is 0 Å². The van der Waals surface area contributed by atoms with E-state index in [0.29, 0.717) is 0 Å². The number of hydrogen-bond acceptors (Lipinski definition) is 0. The first kappa shape index (κ1) is 70.0. The lowest BCUT2D eigenvalue weighted by Crippen LogP contribution is -1.98. The molecule has 0 aliphatic rings. The predicted molar refractivity (Wildman–Crippen MR) is 325 cm³/mol. The highest BCUT2D eigenvalue weighted by molar-refractivity contribution is 4.60. The summed E-state index contributed by atoms with van der Waals surface area (Å²) < 4.78 is 0. The van der Waals surface area contributed by atoms with E-state index in [1.165, 1.54) is 398 Å². The maximum absolute atomic E-state index is 2.53. The second-order valence-corrected chi connectivity index (χ2v) is 25.1. The quantitative estimate of drug-likeness (QED) is 0.0533. The van der Waals surface area contributed by atoms with Gasteiger partial charge in [0.15, 0.2) is 0 Å². The molecule has 0 rings (SSSR count).